The first-order chi connectivity index (χ1) is 9.97. The van der Waals surface area contributed by atoms with Gasteiger partial charge >= 0.3 is 0 Å². The molecule has 1 rings (SSSR count). The fraction of sp³-hybridized carbons (Fsp3) is 0.533. The summed E-state index contributed by atoms with van der Waals surface area (Å²) in [6, 6.07) is 4.03. The van der Waals surface area contributed by atoms with Crippen molar-refractivity contribution >= 4 is 21.8 Å². The number of methoxy groups -OCH3 is 1. The number of hydrogen-bond donors (Lipinski definition) is 2. The van der Waals surface area contributed by atoms with Gasteiger partial charge in [0.25, 0.3) is 0 Å². The molecule has 0 spiro atoms. The van der Waals surface area contributed by atoms with Crippen LogP contribution in [-0.4, -0.2) is 32.7 Å². The largest absolute Gasteiger partial charge is 0.493 e. The Hall–Kier alpha value is -1.27. The van der Waals surface area contributed by atoms with E-state index < -0.39 is 0 Å². The normalized spacial score (nSPS) is 10.6. The molecule has 0 aliphatic rings. The molecule has 0 unspecified atom stereocenters. The number of carbonyl (C=O) groups is 1. The minimum atomic E-state index is -0.0214. The van der Waals surface area contributed by atoms with E-state index in [2.05, 4.69) is 26.6 Å². The monoisotopic (exact) mass is 358 g/mol. The third-order valence-corrected chi connectivity index (χ3v) is 3.28. The van der Waals surface area contributed by atoms with E-state index in [1.807, 2.05) is 33.0 Å². The zero-order chi connectivity index (χ0) is 15.8. The molecule has 1 amide bonds. The molecule has 0 radical (unpaired) electrons. The predicted molar refractivity (Wildman–Crippen MR) is 86.8 cm³/mol. The SMILES string of the molecule is CNCc1cc(Br)c(OCCC(=O)NC(C)C)c(OC)c1. The lowest BCUT2D eigenvalue weighted by molar-refractivity contribution is -0.122. The van der Waals surface area contributed by atoms with Gasteiger partial charge in [0.1, 0.15) is 0 Å². The van der Waals surface area contributed by atoms with Gasteiger partial charge in [-0.1, -0.05) is 0 Å². The molecule has 0 aromatic heterocycles. The standard InChI is InChI=1S/C15H23BrN2O3/c1-10(2)18-14(19)5-6-21-15-12(16)7-11(9-17-3)8-13(15)20-4/h7-8,10,17H,5-6,9H2,1-4H3,(H,18,19). The molecule has 0 saturated heterocycles. The van der Waals surface area contributed by atoms with Crippen LogP contribution in [0.2, 0.25) is 0 Å². The van der Waals surface area contributed by atoms with E-state index in [1.54, 1.807) is 7.11 Å². The molecule has 0 heterocycles. The quantitative estimate of drug-likeness (QED) is 0.749. The molecule has 118 valence electrons. The molecule has 0 atom stereocenters. The van der Waals surface area contributed by atoms with Gasteiger partial charge in [-0.3, -0.25) is 4.79 Å². The molecule has 0 aliphatic heterocycles. The summed E-state index contributed by atoms with van der Waals surface area (Å²) >= 11 is 3.48. The molecule has 0 saturated carbocycles. The Labute approximate surface area is 134 Å². The topological polar surface area (TPSA) is 59.6 Å². The van der Waals surface area contributed by atoms with E-state index in [1.165, 1.54) is 0 Å². The Morgan fingerprint density at radius 1 is 1.38 bits per heavy atom. The Balaban J connectivity index is 2.68. The van der Waals surface area contributed by atoms with Crippen LogP contribution in [0, 0.1) is 0 Å². The third kappa shape index (κ3) is 5.93. The van der Waals surface area contributed by atoms with Crippen LogP contribution < -0.4 is 20.1 Å². The molecule has 0 aliphatic carbocycles. The number of rotatable bonds is 8. The predicted octanol–water partition coefficient (Wildman–Crippen LogP) is 2.47. The van der Waals surface area contributed by atoms with Crippen molar-refractivity contribution in [3.8, 4) is 11.5 Å². The zero-order valence-electron chi connectivity index (χ0n) is 13.0. The van der Waals surface area contributed by atoms with Crippen molar-refractivity contribution in [3.63, 3.8) is 0 Å². The Morgan fingerprint density at radius 3 is 2.67 bits per heavy atom. The van der Waals surface area contributed by atoms with E-state index in [0.29, 0.717) is 24.5 Å². The van der Waals surface area contributed by atoms with E-state index in [0.717, 1.165) is 16.6 Å². The molecule has 1 aromatic rings. The van der Waals surface area contributed by atoms with Gasteiger partial charge in [-0.15, -0.1) is 0 Å². The lowest BCUT2D eigenvalue weighted by Gasteiger charge is -2.15. The highest BCUT2D eigenvalue weighted by atomic mass is 79.9. The van der Waals surface area contributed by atoms with Crippen molar-refractivity contribution in [2.45, 2.75) is 32.9 Å². The Bertz CT molecular complexity index is 478. The Kier molecular flexibility index (Phi) is 7.53. The summed E-state index contributed by atoms with van der Waals surface area (Å²) < 4.78 is 11.9. The number of halogens is 1. The van der Waals surface area contributed by atoms with Crippen molar-refractivity contribution < 1.29 is 14.3 Å². The van der Waals surface area contributed by atoms with Crippen molar-refractivity contribution in [2.24, 2.45) is 0 Å². The molecule has 0 bridgehead atoms. The molecular weight excluding hydrogens is 336 g/mol. The fourth-order valence-electron chi connectivity index (χ4n) is 1.86. The summed E-state index contributed by atoms with van der Waals surface area (Å²) in [6.07, 6.45) is 0.312. The maximum atomic E-state index is 11.6. The van der Waals surface area contributed by atoms with Crippen LogP contribution in [0.5, 0.6) is 11.5 Å². The smallest absolute Gasteiger partial charge is 0.223 e. The first kappa shape index (κ1) is 17.8. The lowest BCUT2D eigenvalue weighted by Crippen LogP contribution is -2.31. The minimum Gasteiger partial charge on any atom is -0.493 e. The maximum absolute atomic E-state index is 11.6. The van der Waals surface area contributed by atoms with Crippen molar-refractivity contribution in [1.29, 1.82) is 0 Å². The highest BCUT2D eigenvalue weighted by molar-refractivity contribution is 9.10. The van der Waals surface area contributed by atoms with E-state index in [9.17, 15) is 4.79 Å². The van der Waals surface area contributed by atoms with Gasteiger partial charge in [-0.05, 0) is 54.5 Å². The average molecular weight is 359 g/mol. The van der Waals surface area contributed by atoms with Crippen LogP contribution in [0.15, 0.2) is 16.6 Å². The van der Waals surface area contributed by atoms with Gasteiger partial charge in [-0.2, -0.15) is 0 Å². The molecule has 5 nitrogen and oxygen atoms in total. The second-order valence-electron chi connectivity index (χ2n) is 4.96. The zero-order valence-corrected chi connectivity index (χ0v) is 14.5. The number of amides is 1. The first-order valence-electron chi connectivity index (χ1n) is 6.91. The minimum absolute atomic E-state index is 0.0214. The van der Waals surface area contributed by atoms with E-state index in [4.69, 9.17) is 9.47 Å². The number of nitrogens with one attached hydrogen (secondary N) is 2. The summed E-state index contributed by atoms with van der Waals surface area (Å²) in [5.74, 6) is 1.25. The van der Waals surface area contributed by atoms with Crippen LogP contribution in [0.4, 0.5) is 0 Å². The third-order valence-electron chi connectivity index (χ3n) is 2.70. The molecule has 6 heteroatoms. The van der Waals surface area contributed by atoms with Crippen LogP contribution in [0.3, 0.4) is 0 Å². The van der Waals surface area contributed by atoms with Gasteiger partial charge in [0.15, 0.2) is 11.5 Å². The summed E-state index contributed by atoms with van der Waals surface area (Å²) in [5, 5.41) is 5.92. The molecule has 2 N–H and O–H groups in total. The number of hydrogen-bond acceptors (Lipinski definition) is 4. The fourth-order valence-corrected chi connectivity index (χ4v) is 2.46. The lowest BCUT2D eigenvalue weighted by atomic mass is 10.2. The highest BCUT2D eigenvalue weighted by Crippen LogP contribution is 2.36. The van der Waals surface area contributed by atoms with Gasteiger partial charge in [-0.25, -0.2) is 0 Å². The summed E-state index contributed by atoms with van der Waals surface area (Å²) in [6.45, 7) is 4.91. The molecule has 21 heavy (non-hydrogen) atoms. The molecule has 0 fully saturated rings. The average Bonchev–Trinajstić information content (AvgIpc) is 2.40. The highest BCUT2D eigenvalue weighted by Gasteiger charge is 2.12. The summed E-state index contributed by atoms with van der Waals surface area (Å²) in [7, 11) is 3.49. The number of carbonyl (C=O) groups excluding carboxylic acids is 1. The van der Waals surface area contributed by atoms with Crippen LogP contribution in [0.25, 0.3) is 0 Å². The molecular formula is C15H23BrN2O3. The van der Waals surface area contributed by atoms with Gasteiger partial charge < -0.3 is 20.1 Å². The summed E-state index contributed by atoms with van der Waals surface area (Å²) in [5.41, 5.74) is 1.09. The van der Waals surface area contributed by atoms with E-state index >= 15 is 0 Å². The van der Waals surface area contributed by atoms with Gasteiger partial charge in [0, 0.05) is 12.6 Å². The van der Waals surface area contributed by atoms with Crippen molar-refractivity contribution in [3.05, 3.63) is 22.2 Å². The van der Waals surface area contributed by atoms with Gasteiger partial charge in [0.2, 0.25) is 5.91 Å². The second kappa shape index (κ2) is 8.89. The number of benzene rings is 1. The molecule has 1 aromatic carbocycles. The van der Waals surface area contributed by atoms with Crippen molar-refractivity contribution in [1.82, 2.24) is 10.6 Å². The van der Waals surface area contributed by atoms with Gasteiger partial charge in [0.05, 0.1) is 24.6 Å². The van der Waals surface area contributed by atoms with Crippen molar-refractivity contribution in [2.75, 3.05) is 20.8 Å². The second-order valence-corrected chi connectivity index (χ2v) is 5.81. The van der Waals surface area contributed by atoms with E-state index in [-0.39, 0.29) is 11.9 Å². The van der Waals surface area contributed by atoms with Crippen LogP contribution in [0.1, 0.15) is 25.8 Å². The van der Waals surface area contributed by atoms with Crippen LogP contribution >= 0.6 is 15.9 Å². The van der Waals surface area contributed by atoms with Crippen LogP contribution in [-0.2, 0) is 11.3 Å². The maximum Gasteiger partial charge on any atom is 0.223 e. The summed E-state index contributed by atoms with van der Waals surface area (Å²) in [4.78, 5) is 11.6. The Morgan fingerprint density at radius 2 is 2.10 bits per heavy atom. The first-order valence-corrected chi connectivity index (χ1v) is 7.70. The number of ether oxygens (including phenoxy) is 2.